The van der Waals surface area contributed by atoms with Gasteiger partial charge in [0, 0.05) is 26.4 Å². The lowest BCUT2D eigenvalue weighted by molar-refractivity contribution is 0.607. The Morgan fingerprint density at radius 2 is 1.24 bits per heavy atom. The Morgan fingerprint density at radius 3 is 1.53 bits per heavy atom. The number of benzene rings is 1. The van der Waals surface area contributed by atoms with Gasteiger partial charge in [-0.15, -0.1) is 0 Å². The monoisotopic (exact) mass is 336 g/mol. The SMILES string of the molecule is O=S(=O)(Cl)Cc1cccc(CS(=O)(=O)Cl)c1Cl. The van der Waals surface area contributed by atoms with Crippen LogP contribution in [-0.2, 0) is 29.6 Å². The Bertz CT molecular complexity index is 570. The molecular weight excluding hydrogens is 331 g/mol. The molecule has 96 valence electrons. The Hall–Kier alpha value is -0.0100. The van der Waals surface area contributed by atoms with Crippen LogP contribution in [0.1, 0.15) is 11.1 Å². The minimum atomic E-state index is -3.75. The van der Waals surface area contributed by atoms with Crippen molar-refractivity contribution in [2.75, 3.05) is 0 Å². The second-order valence-electron chi connectivity index (χ2n) is 3.26. The summed E-state index contributed by atoms with van der Waals surface area (Å²) in [5.74, 6) is -0.937. The van der Waals surface area contributed by atoms with Crippen LogP contribution in [0.2, 0.25) is 5.02 Å². The smallest absolute Gasteiger partial charge is 0.212 e. The summed E-state index contributed by atoms with van der Waals surface area (Å²) >= 11 is 5.87. The molecule has 4 nitrogen and oxygen atoms in total. The first-order chi connectivity index (χ1) is 7.58. The van der Waals surface area contributed by atoms with Crippen molar-refractivity contribution < 1.29 is 16.8 Å². The van der Waals surface area contributed by atoms with E-state index in [2.05, 4.69) is 0 Å². The molecule has 0 aliphatic rings. The van der Waals surface area contributed by atoms with E-state index in [1.807, 2.05) is 0 Å². The predicted octanol–water partition coefficient (Wildman–Crippen LogP) is 2.48. The summed E-state index contributed by atoms with van der Waals surface area (Å²) in [6, 6.07) is 4.39. The summed E-state index contributed by atoms with van der Waals surface area (Å²) in [6.07, 6.45) is 0. The van der Waals surface area contributed by atoms with Crippen LogP contribution in [0.4, 0.5) is 0 Å². The van der Waals surface area contributed by atoms with E-state index in [1.54, 1.807) is 0 Å². The number of hydrogen-bond donors (Lipinski definition) is 0. The normalized spacial score (nSPS) is 12.6. The van der Waals surface area contributed by atoms with Crippen LogP contribution in [0.25, 0.3) is 0 Å². The molecule has 0 unspecified atom stereocenters. The quantitative estimate of drug-likeness (QED) is 0.792. The van der Waals surface area contributed by atoms with Gasteiger partial charge in [-0.25, -0.2) is 16.8 Å². The third-order valence-corrected chi connectivity index (χ3v) is 4.27. The molecule has 0 heterocycles. The summed E-state index contributed by atoms with van der Waals surface area (Å²) in [7, 11) is 2.68. The van der Waals surface area contributed by atoms with E-state index in [1.165, 1.54) is 18.2 Å². The fraction of sp³-hybridized carbons (Fsp3) is 0.250. The highest BCUT2D eigenvalue weighted by Crippen LogP contribution is 2.26. The summed E-state index contributed by atoms with van der Waals surface area (Å²) in [6.45, 7) is 0. The van der Waals surface area contributed by atoms with Crippen molar-refractivity contribution in [3.05, 3.63) is 34.3 Å². The standard InChI is InChI=1S/C8H7Cl3O4S2/c9-8-6(4-16(10,12)13)2-1-3-7(8)5-17(11,14)15/h1-3H,4-5H2. The van der Waals surface area contributed by atoms with Crippen molar-refractivity contribution in [1.29, 1.82) is 0 Å². The third-order valence-electron chi connectivity index (χ3n) is 1.81. The molecule has 0 saturated heterocycles. The molecule has 1 aromatic carbocycles. The maximum absolute atomic E-state index is 10.9. The first-order valence-corrected chi connectivity index (χ1v) is 9.53. The van der Waals surface area contributed by atoms with Crippen LogP contribution >= 0.6 is 33.0 Å². The Kier molecular flexibility index (Phi) is 4.71. The molecule has 0 radical (unpaired) electrons. The molecule has 9 heteroatoms. The van der Waals surface area contributed by atoms with Crippen LogP contribution in [0.15, 0.2) is 18.2 Å². The van der Waals surface area contributed by atoms with Gasteiger partial charge in [0.15, 0.2) is 0 Å². The molecule has 17 heavy (non-hydrogen) atoms. The zero-order valence-corrected chi connectivity index (χ0v) is 12.1. The average Bonchev–Trinajstić information content (AvgIpc) is 2.07. The van der Waals surface area contributed by atoms with Gasteiger partial charge >= 0.3 is 0 Å². The minimum Gasteiger partial charge on any atom is -0.212 e. The summed E-state index contributed by atoms with van der Waals surface area (Å²) in [5, 5.41) is 0.0425. The van der Waals surface area contributed by atoms with Crippen LogP contribution in [-0.4, -0.2) is 16.8 Å². The van der Waals surface area contributed by atoms with Gasteiger partial charge in [0.2, 0.25) is 18.1 Å². The van der Waals surface area contributed by atoms with Crippen molar-refractivity contribution >= 4 is 51.1 Å². The molecule has 1 aromatic rings. The average molecular weight is 338 g/mol. The lowest BCUT2D eigenvalue weighted by atomic mass is 10.1. The van der Waals surface area contributed by atoms with Gasteiger partial charge in [0.1, 0.15) is 0 Å². The van der Waals surface area contributed by atoms with Gasteiger partial charge in [-0.1, -0.05) is 29.8 Å². The second-order valence-corrected chi connectivity index (χ2v) is 9.19. The van der Waals surface area contributed by atoms with Gasteiger partial charge in [-0.3, -0.25) is 0 Å². The minimum absolute atomic E-state index is 0.0425. The zero-order chi connectivity index (χ0) is 13.3. The lowest BCUT2D eigenvalue weighted by Gasteiger charge is -2.06. The fourth-order valence-corrected chi connectivity index (χ4v) is 3.57. The Labute approximate surface area is 113 Å². The summed E-state index contributed by atoms with van der Waals surface area (Å²) in [4.78, 5) is 0. The van der Waals surface area contributed by atoms with Crippen molar-refractivity contribution in [2.24, 2.45) is 0 Å². The topological polar surface area (TPSA) is 68.3 Å². The van der Waals surface area contributed by atoms with E-state index in [-0.39, 0.29) is 16.1 Å². The van der Waals surface area contributed by atoms with Crippen LogP contribution in [0, 0.1) is 0 Å². The second kappa shape index (κ2) is 5.32. The van der Waals surface area contributed by atoms with Crippen LogP contribution in [0.3, 0.4) is 0 Å². The molecule has 0 atom stereocenters. The number of hydrogen-bond acceptors (Lipinski definition) is 4. The highest BCUT2D eigenvalue weighted by Gasteiger charge is 2.16. The molecule has 1 rings (SSSR count). The Morgan fingerprint density at radius 1 is 0.882 bits per heavy atom. The Balaban J connectivity index is 3.16. The third kappa shape index (κ3) is 5.44. The van der Waals surface area contributed by atoms with Gasteiger partial charge in [-0.05, 0) is 11.1 Å². The summed E-state index contributed by atoms with van der Waals surface area (Å²) < 4.78 is 43.6. The molecular formula is C8H7Cl3O4S2. The van der Waals surface area contributed by atoms with Gasteiger partial charge in [0.05, 0.1) is 11.5 Å². The van der Waals surface area contributed by atoms with Crippen LogP contribution in [0.5, 0.6) is 0 Å². The molecule has 0 amide bonds. The first-order valence-electron chi connectivity index (χ1n) is 4.19. The lowest BCUT2D eigenvalue weighted by Crippen LogP contribution is -2.01. The van der Waals surface area contributed by atoms with E-state index >= 15 is 0 Å². The molecule has 0 spiro atoms. The molecule has 0 aliphatic carbocycles. The molecule has 0 bridgehead atoms. The summed E-state index contributed by atoms with van der Waals surface area (Å²) in [5.41, 5.74) is 0.471. The largest absolute Gasteiger partial charge is 0.236 e. The maximum atomic E-state index is 10.9. The van der Waals surface area contributed by atoms with Crippen molar-refractivity contribution in [3.63, 3.8) is 0 Å². The van der Waals surface area contributed by atoms with E-state index in [0.717, 1.165) is 0 Å². The molecule has 0 N–H and O–H groups in total. The van der Waals surface area contributed by atoms with E-state index in [9.17, 15) is 16.8 Å². The van der Waals surface area contributed by atoms with Crippen molar-refractivity contribution in [3.8, 4) is 0 Å². The molecule has 0 aliphatic heterocycles. The zero-order valence-electron chi connectivity index (χ0n) is 8.23. The molecule has 0 aromatic heterocycles. The fourth-order valence-electron chi connectivity index (χ4n) is 1.23. The van der Waals surface area contributed by atoms with Gasteiger partial charge < -0.3 is 0 Å². The van der Waals surface area contributed by atoms with Crippen molar-refractivity contribution in [2.45, 2.75) is 11.5 Å². The molecule has 0 fully saturated rings. The highest BCUT2D eigenvalue weighted by atomic mass is 35.7. The van der Waals surface area contributed by atoms with Crippen LogP contribution < -0.4 is 0 Å². The van der Waals surface area contributed by atoms with E-state index in [0.29, 0.717) is 0 Å². The highest BCUT2D eigenvalue weighted by molar-refractivity contribution is 8.13. The predicted molar refractivity (Wildman–Crippen MR) is 68.4 cm³/mol. The maximum Gasteiger partial charge on any atom is 0.236 e. The first kappa shape index (κ1) is 15.0. The van der Waals surface area contributed by atoms with E-state index < -0.39 is 29.6 Å². The van der Waals surface area contributed by atoms with Gasteiger partial charge in [0.25, 0.3) is 0 Å². The molecule has 0 saturated carbocycles. The number of rotatable bonds is 4. The number of halogens is 3. The van der Waals surface area contributed by atoms with E-state index in [4.69, 9.17) is 33.0 Å². The van der Waals surface area contributed by atoms with Crippen molar-refractivity contribution in [1.82, 2.24) is 0 Å². The van der Waals surface area contributed by atoms with Gasteiger partial charge in [-0.2, -0.15) is 0 Å².